The van der Waals surface area contributed by atoms with Crippen LogP contribution in [0.25, 0.3) is 0 Å². The summed E-state index contributed by atoms with van der Waals surface area (Å²) >= 11 is 0. The molecular weight excluding hydrogens is 534 g/mol. The number of ether oxygens (including phenoxy) is 1. The number of aliphatic hydroxyl groups is 2. The van der Waals surface area contributed by atoms with Crippen LogP contribution in [-0.2, 0) is 32.9 Å². The van der Waals surface area contributed by atoms with Crippen LogP contribution in [0.3, 0.4) is 0 Å². The van der Waals surface area contributed by atoms with Gasteiger partial charge in [0, 0.05) is 35.8 Å². The van der Waals surface area contributed by atoms with Crippen molar-refractivity contribution in [2.45, 2.75) is 38.0 Å². The molecule has 0 unspecified atom stereocenters. The third-order valence-corrected chi connectivity index (χ3v) is 8.51. The zero-order valence-corrected chi connectivity index (χ0v) is 23.3. The van der Waals surface area contributed by atoms with Crippen molar-refractivity contribution in [1.29, 1.82) is 0 Å². The molecule has 3 aromatic carbocycles. The first-order chi connectivity index (χ1) is 20.3. The van der Waals surface area contributed by atoms with Crippen LogP contribution in [0, 0.1) is 5.92 Å². The van der Waals surface area contributed by atoms with Crippen molar-refractivity contribution >= 4 is 35.0 Å². The van der Waals surface area contributed by atoms with Crippen LogP contribution in [0.15, 0.2) is 84.9 Å². The van der Waals surface area contributed by atoms with Crippen LogP contribution in [0.5, 0.6) is 0 Å². The van der Waals surface area contributed by atoms with Gasteiger partial charge in [0.2, 0.25) is 5.91 Å². The summed E-state index contributed by atoms with van der Waals surface area (Å²) < 4.78 is 5.10. The maximum Gasteiger partial charge on any atom is 0.414 e. The molecular formula is C33H33N3O6. The van der Waals surface area contributed by atoms with E-state index in [1.165, 1.54) is 9.80 Å². The summed E-state index contributed by atoms with van der Waals surface area (Å²) in [6.45, 7) is 2.67. The number of benzene rings is 3. The van der Waals surface area contributed by atoms with Gasteiger partial charge in [-0.3, -0.25) is 19.4 Å². The zero-order valence-electron chi connectivity index (χ0n) is 23.3. The van der Waals surface area contributed by atoms with Crippen molar-refractivity contribution in [2.24, 2.45) is 5.92 Å². The number of nitrogens with zero attached hydrogens (tertiary/aromatic N) is 3. The molecule has 9 heteroatoms. The van der Waals surface area contributed by atoms with Gasteiger partial charge in [0.05, 0.1) is 24.9 Å². The van der Waals surface area contributed by atoms with Crippen molar-refractivity contribution in [3.05, 3.63) is 102 Å². The summed E-state index contributed by atoms with van der Waals surface area (Å²) in [5.41, 5.74) is 2.30. The Bertz CT molecular complexity index is 1560. The van der Waals surface area contributed by atoms with Crippen LogP contribution >= 0.6 is 0 Å². The number of amides is 3. The predicted octanol–water partition coefficient (Wildman–Crippen LogP) is 4.04. The van der Waals surface area contributed by atoms with Crippen LogP contribution in [0.4, 0.5) is 21.9 Å². The average molecular weight is 568 g/mol. The van der Waals surface area contributed by atoms with Crippen molar-refractivity contribution in [3.8, 4) is 0 Å². The average Bonchev–Trinajstić information content (AvgIpc) is 3.54. The fraction of sp³-hybridized carbons (Fsp3) is 0.303. The van der Waals surface area contributed by atoms with E-state index < -0.39 is 23.5 Å². The minimum Gasteiger partial charge on any atom is -0.447 e. The van der Waals surface area contributed by atoms with E-state index in [9.17, 15) is 24.6 Å². The monoisotopic (exact) mass is 567 g/mol. The van der Waals surface area contributed by atoms with Crippen molar-refractivity contribution < 1.29 is 29.3 Å². The maximum absolute atomic E-state index is 14.0. The van der Waals surface area contributed by atoms with Gasteiger partial charge in [-0.15, -0.1) is 0 Å². The van der Waals surface area contributed by atoms with Gasteiger partial charge < -0.3 is 19.8 Å². The number of hydrogen-bond donors (Lipinski definition) is 2. The topological polar surface area (TPSA) is 111 Å². The number of para-hydroxylation sites is 1. The molecule has 0 bridgehead atoms. The Labute approximate surface area is 244 Å². The molecule has 0 saturated carbocycles. The molecule has 3 aliphatic rings. The normalized spacial score (nSPS) is 22.4. The molecule has 0 radical (unpaired) electrons. The maximum atomic E-state index is 14.0. The molecule has 9 nitrogen and oxygen atoms in total. The van der Waals surface area contributed by atoms with E-state index in [4.69, 9.17) is 4.74 Å². The summed E-state index contributed by atoms with van der Waals surface area (Å²) in [6.07, 6.45) is 3.54. The number of anilines is 3. The number of carbonyl (C=O) groups is 3. The molecule has 0 aromatic heterocycles. The number of hydrogen-bond acceptors (Lipinski definition) is 6. The third kappa shape index (κ3) is 4.64. The number of cyclic esters (lactones) is 1. The molecule has 1 fully saturated rings. The van der Waals surface area contributed by atoms with Gasteiger partial charge in [-0.1, -0.05) is 61.5 Å². The standard InChI is InChI=1S/C33H33N3O6/c1-22(8-7-13-30(38)35-20-24-10-6-5-9-23(24)18-27(35)21-37)33(41)28-19-26(34-16-17-42-32(34)40)14-15-29(28)36(31(33)39)25-11-3-2-4-12-25/h2-12,14-15,19,22,27,37,41H,13,16-18,20-21H2,1H3/b8-7+/t22-,27+,33+/m1/s1. The van der Waals surface area contributed by atoms with Crippen molar-refractivity contribution in [3.63, 3.8) is 0 Å². The van der Waals surface area contributed by atoms with Gasteiger partial charge in [-0.05, 0) is 47.9 Å². The Morgan fingerprint density at radius 3 is 2.50 bits per heavy atom. The van der Waals surface area contributed by atoms with Crippen molar-refractivity contribution in [1.82, 2.24) is 4.90 Å². The quantitative estimate of drug-likeness (QED) is 0.417. The third-order valence-electron chi connectivity index (χ3n) is 8.51. The molecule has 3 amide bonds. The summed E-state index contributed by atoms with van der Waals surface area (Å²) in [5, 5.41) is 22.1. The first-order valence-electron chi connectivity index (χ1n) is 14.2. The van der Waals surface area contributed by atoms with E-state index in [-0.39, 0.29) is 31.6 Å². The van der Waals surface area contributed by atoms with E-state index in [2.05, 4.69) is 0 Å². The number of rotatable bonds is 7. The fourth-order valence-corrected chi connectivity index (χ4v) is 6.16. The van der Waals surface area contributed by atoms with Crippen LogP contribution in [0.2, 0.25) is 0 Å². The minimum absolute atomic E-state index is 0.0577. The van der Waals surface area contributed by atoms with Crippen LogP contribution in [-0.4, -0.2) is 58.8 Å². The SMILES string of the molecule is C[C@H](/C=C/CC(=O)N1Cc2ccccc2C[C@H]1CO)[C@@]1(O)C(=O)N(c2ccccc2)c2ccc(N3CCOC3=O)cc21. The van der Waals surface area contributed by atoms with Gasteiger partial charge in [0.25, 0.3) is 5.91 Å². The lowest BCUT2D eigenvalue weighted by Gasteiger charge is -2.36. The Morgan fingerprint density at radius 1 is 1.05 bits per heavy atom. The Balaban J connectivity index is 1.27. The highest BCUT2D eigenvalue weighted by atomic mass is 16.6. The molecule has 0 aliphatic carbocycles. The Morgan fingerprint density at radius 2 is 1.79 bits per heavy atom. The molecule has 3 atom stereocenters. The largest absolute Gasteiger partial charge is 0.447 e. The minimum atomic E-state index is -1.94. The molecule has 42 heavy (non-hydrogen) atoms. The van der Waals surface area contributed by atoms with E-state index in [1.54, 1.807) is 54.3 Å². The van der Waals surface area contributed by atoms with Gasteiger partial charge in [0.1, 0.15) is 6.61 Å². The van der Waals surface area contributed by atoms with E-state index in [1.807, 2.05) is 42.5 Å². The number of fused-ring (bicyclic) bond motifs is 2. The Kier molecular flexibility index (Phi) is 7.30. The molecule has 6 rings (SSSR count). The zero-order chi connectivity index (χ0) is 29.4. The lowest BCUT2D eigenvalue weighted by atomic mass is 9.82. The van der Waals surface area contributed by atoms with Crippen LogP contribution < -0.4 is 9.80 Å². The molecule has 3 aromatic rings. The second-order valence-electron chi connectivity index (χ2n) is 11.0. The highest BCUT2D eigenvalue weighted by molar-refractivity contribution is 6.12. The van der Waals surface area contributed by atoms with Crippen LogP contribution in [0.1, 0.15) is 30.0 Å². The fourth-order valence-electron chi connectivity index (χ4n) is 6.16. The summed E-state index contributed by atoms with van der Waals surface area (Å²) in [4.78, 5) is 44.2. The van der Waals surface area contributed by atoms with E-state index in [0.717, 1.165) is 11.1 Å². The summed E-state index contributed by atoms with van der Waals surface area (Å²) in [5.74, 6) is -1.36. The summed E-state index contributed by atoms with van der Waals surface area (Å²) in [7, 11) is 0. The second-order valence-corrected chi connectivity index (χ2v) is 11.0. The van der Waals surface area contributed by atoms with Gasteiger partial charge in [0.15, 0.2) is 5.60 Å². The molecule has 1 saturated heterocycles. The second kappa shape index (κ2) is 11.1. The van der Waals surface area contributed by atoms with E-state index in [0.29, 0.717) is 42.1 Å². The molecule has 3 aliphatic heterocycles. The number of aliphatic hydroxyl groups excluding tert-OH is 1. The van der Waals surface area contributed by atoms with E-state index >= 15 is 0 Å². The Hall–Kier alpha value is -4.47. The van der Waals surface area contributed by atoms with Gasteiger partial charge in [-0.25, -0.2) is 4.79 Å². The van der Waals surface area contributed by atoms with Gasteiger partial charge >= 0.3 is 6.09 Å². The van der Waals surface area contributed by atoms with Gasteiger partial charge in [-0.2, -0.15) is 0 Å². The predicted molar refractivity (Wildman–Crippen MR) is 157 cm³/mol. The lowest BCUT2D eigenvalue weighted by Crippen LogP contribution is -2.46. The lowest BCUT2D eigenvalue weighted by molar-refractivity contribution is -0.138. The molecule has 2 N–H and O–H groups in total. The highest BCUT2D eigenvalue weighted by Crippen LogP contribution is 2.49. The first kappa shape index (κ1) is 27.7. The molecule has 216 valence electrons. The number of carbonyl (C=O) groups excluding carboxylic acids is 3. The van der Waals surface area contributed by atoms with Crippen molar-refractivity contribution in [2.75, 3.05) is 29.6 Å². The first-order valence-corrected chi connectivity index (χ1v) is 14.2. The molecule has 0 spiro atoms. The molecule has 3 heterocycles. The smallest absolute Gasteiger partial charge is 0.414 e. The highest BCUT2D eigenvalue weighted by Gasteiger charge is 2.53. The summed E-state index contributed by atoms with van der Waals surface area (Å²) in [6, 6.07) is 21.9.